The molecule has 2 nitrogen and oxygen atoms in total. The number of halogens is 1. The molecular weight excluding hydrogens is 273 g/mol. The van der Waals surface area contributed by atoms with Gasteiger partial charge < -0.3 is 10.1 Å². The van der Waals surface area contributed by atoms with E-state index in [1.807, 2.05) is 12.1 Å². The van der Waals surface area contributed by atoms with Gasteiger partial charge in [-0.25, -0.2) is 4.39 Å². The van der Waals surface area contributed by atoms with Gasteiger partial charge in [-0.2, -0.15) is 0 Å². The molecule has 0 aromatic heterocycles. The van der Waals surface area contributed by atoms with Crippen LogP contribution in [0.5, 0.6) is 0 Å². The number of hydrogen-bond donors (Lipinski definition) is 1. The number of rotatable bonds is 7. The van der Waals surface area contributed by atoms with E-state index in [1.165, 1.54) is 0 Å². The molecule has 112 valence electrons. The minimum Gasteiger partial charge on any atom is -0.377 e. The molecule has 1 aliphatic heterocycles. The molecule has 0 bridgehead atoms. The molecular formula is C16H24FNOS. The Morgan fingerprint density at radius 3 is 2.95 bits per heavy atom. The van der Waals surface area contributed by atoms with Gasteiger partial charge >= 0.3 is 0 Å². The van der Waals surface area contributed by atoms with Crippen molar-refractivity contribution in [1.29, 1.82) is 0 Å². The van der Waals surface area contributed by atoms with E-state index in [1.54, 1.807) is 17.8 Å². The fourth-order valence-electron chi connectivity index (χ4n) is 2.24. The van der Waals surface area contributed by atoms with Crippen molar-refractivity contribution >= 4 is 11.8 Å². The third-order valence-corrected chi connectivity index (χ3v) is 4.51. The number of nitrogens with one attached hydrogen (secondary N) is 1. The fourth-order valence-corrected chi connectivity index (χ4v) is 3.22. The lowest BCUT2D eigenvalue weighted by molar-refractivity contribution is 0.129. The van der Waals surface area contributed by atoms with E-state index in [-0.39, 0.29) is 5.82 Å². The summed E-state index contributed by atoms with van der Waals surface area (Å²) >= 11 is 1.56. The van der Waals surface area contributed by atoms with Crippen LogP contribution in [-0.2, 0) is 11.3 Å². The summed E-state index contributed by atoms with van der Waals surface area (Å²) in [6, 6.07) is 5.54. The predicted octanol–water partition coefficient (Wildman–Crippen LogP) is 3.84. The maximum atomic E-state index is 14.0. The average Bonchev–Trinajstić information content (AvgIpc) is 2.90. The van der Waals surface area contributed by atoms with Crippen LogP contribution in [0.3, 0.4) is 0 Å². The van der Waals surface area contributed by atoms with Crippen LogP contribution in [0, 0.1) is 11.7 Å². The van der Waals surface area contributed by atoms with Crippen LogP contribution in [0.25, 0.3) is 0 Å². The van der Waals surface area contributed by atoms with Gasteiger partial charge in [0.2, 0.25) is 0 Å². The third kappa shape index (κ3) is 5.08. The van der Waals surface area contributed by atoms with Gasteiger partial charge in [0.25, 0.3) is 0 Å². The molecule has 20 heavy (non-hydrogen) atoms. The summed E-state index contributed by atoms with van der Waals surface area (Å²) in [4.78, 5) is 0.730. The summed E-state index contributed by atoms with van der Waals surface area (Å²) in [6.07, 6.45) is 2.53. The Bertz CT molecular complexity index is 419. The lowest BCUT2D eigenvalue weighted by Crippen LogP contribution is -2.19. The Kier molecular flexibility index (Phi) is 6.33. The molecule has 1 fully saturated rings. The van der Waals surface area contributed by atoms with E-state index in [0.717, 1.165) is 48.7 Å². The average molecular weight is 297 g/mol. The maximum absolute atomic E-state index is 14.0. The van der Waals surface area contributed by atoms with Gasteiger partial charge in [0, 0.05) is 23.8 Å². The molecule has 1 aliphatic rings. The van der Waals surface area contributed by atoms with Crippen molar-refractivity contribution in [3.63, 3.8) is 0 Å². The van der Waals surface area contributed by atoms with Gasteiger partial charge in [0.1, 0.15) is 5.82 Å². The van der Waals surface area contributed by atoms with Crippen molar-refractivity contribution in [3.8, 4) is 0 Å². The maximum Gasteiger partial charge on any atom is 0.137 e. The summed E-state index contributed by atoms with van der Waals surface area (Å²) in [7, 11) is 0. The molecule has 1 unspecified atom stereocenters. The van der Waals surface area contributed by atoms with Gasteiger partial charge in [0.05, 0.1) is 6.10 Å². The number of thioether (sulfide) groups is 1. The lowest BCUT2D eigenvalue weighted by Gasteiger charge is -2.11. The smallest absolute Gasteiger partial charge is 0.137 e. The van der Waals surface area contributed by atoms with Crippen LogP contribution in [0.4, 0.5) is 4.39 Å². The number of hydrogen-bond acceptors (Lipinski definition) is 3. The first-order valence-corrected chi connectivity index (χ1v) is 8.37. The summed E-state index contributed by atoms with van der Waals surface area (Å²) in [6.45, 7) is 6.87. The van der Waals surface area contributed by atoms with E-state index in [9.17, 15) is 4.39 Å². The minimum atomic E-state index is -0.114. The molecule has 0 spiro atoms. The zero-order valence-electron chi connectivity index (χ0n) is 12.3. The van der Waals surface area contributed by atoms with Crippen molar-refractivity contribution in [3.05, 3.63) is 29.6 Å². The van der Waals surface area contributed by atoms with Crippen molar-refractivity contribution in [2.24, 2.45) is 5.92 Å². The van der Waals surface area contributed by atoms with E-state index >= 15 is 0 Å². The number of benzene rings is 1. The van der Waals surface area contributed by atoms with E-state index in [2.05, 4.69) is 19.2 Å². The quantitative estimate of drug-likeness (QED) is 0.773. The van der Waals surface area contributed by atoms with Crippen LogP contribution in [0.1, 0.15) is 32.3 Å². The highest BCUT2D eigenvalue weighted by Crippen LogP contribution is 2.26. The molecule has 1 aromatic carbocycles. The molecule has 4 heteroatoms. The third-order valence-electron chi connectivity index (χ3n) is 3.33. The zero-order chi connectivity index (χ0) is 14.4. The van der Waals surface area contributed by atoms with Crippen LogP contribution in [0.2, 0.25) is 0 Å². The minimum absolute atomic E-state index is 0.114. The Labute approximate surface area is 125 Å². The Balaban J connectivity index is 1.81. The highest BCUT2D eigenvalue weighted by atomic mass is 32.2. The van der Waals surface area contributed by atoms with Gasteiger partial charge in [-0.1, -0.05) is 19.9 Å². The molecule has 1 N–H and O–H groups in total. The van der Waals surface area contributed by atoms with Gasteiger partial charge in [0.15, 0.2) is 0 Å². The van der Waals surface area contributed by atoms with E-state index in [0.29, 0.717) is 12.0 Å². The zero-order valence-corrected chi connectivity index (χ0v) is 13.1. The molecule has 0 amide bonds. The molecule has 1 saturated heterocycles. The lowest BCUT2D eigenvalue weighted by atomic mass is 10.2. The summed E-state index contributed by atoms with van der Waals surface area (Å²) in [5, 5.41) is 3.33. The SMILES string of the molecule is CC(C)CNCc1ccc(SCC2CCCO2)c(F)c1. The normalized spacial score (nSPS) is 18.9. The van der Waals surface area contributed by atoms with Gasteiger partial charge in [-0.3, -0.25) is 0 Å². The molecule has 0 radical (unpaired) electrons. The molecule has 0 saturated carbocycles. The first-order chi connectivity index (χ1) is 9.65. The summed E-state index contributed by atoms with van der Waals surface area (Å²) < 4.78 is 19.6. The second kappa shape index (κ2) is 8.01. The van der Waals surface area contributed by atoms with Gasteiger partial charge in [-0.05, 0) is 43.0 Å². The fraction of sp³-hybridized carbons (Fsp3) is 0.625. The van der Waals surface area contributed by atoms with Crippen LogP contribution in [-0.4, -0.2) is 25.0 Å². The monoisotopic (exact) mass is 297 g/mol. The molecule has 0 aliphatic carbocycles. The molecule has 1 aromatic rings. The second-order valence-electron chi connectivity index (χ2n) is 5.74. The summed E-state index contributed by atoms with van der Waals surface area (Å²) in [5.41, 5.74) is 1.00. The van der Waals surface area contributed by atoms with Crippen molar-refractivity contribution < 1.29 is 9.13 Å². The van der Waals surface area contributed by atoms with Crippen LogP contribution in [0.15, 0.2) is 23.1 Å². The second-order valence-corrected chi connectivity index (χ2v) is 6.80. The number of ether oxygens (including phenoxy) is 1. The Hall–Kier alpha value is -0.580. The van der Waals surface area contributed by atoms with Gasteiger partial charge in [-0.15, -0.1) is 11.8 Å². The van der Waals surface area contributed by atoms with Crippen LogP contribution < -0.4 is 5.32 Å². The van der Waals surface area contributed by atoms with Crippen molar-refractivity contribution in [1.82, 2.24) is 5.32 Å². The first-order valence-electron chi connectivity index (χ1n) is 7.38. The first kappa shape index (κ1) is 15.8. The summed E-state index contributed by atoms with van der Waals surface area (Å²) in [5.74, 6) is 1.35. The molecule has 2 rings (SSSR count). The highest BCUT2D eigenvalue weighted by molar-refractivity contribution is 7.99. The standard InChI is InChI=1S/C16H24FNOS/c1-12(2)9-18-10-13-5-6-16(15(17)8-13)20-11-14-4-3-7-19-14/h5-6,8,12,14,18H,3-4,7,9-11H2,1-2H3. The highest BCUT2D eigenvalue weighted by Gasteiger charge is 2.16. The Morgan fingerprint density at radius 1 is 1.45 bits per heavy atom. The molecule has 1 atom stereocenters. The van der Waals surface area contributed by atoms with Crippen molar-refractivity contribution in [2.75, 3.05) is 18.9 Å². The predicted molar refractivity (Wildman–Crippen MR) is 82.6 cm³/mol. The van der Waals surface area contributed by atoms with Crippen LogP contribution >= 0.6 is 11.8 Å². The molecule has 1 heterocycles. The Morgan fingerprint density at radius 2 is 2.30 bits per heavy atom. The topological polar surface area (TPSA) is 21.3 Å². The van der Waals surface area contributed by atoms with E-state index in [4.69, 9.17) is 4.74 Å². The van der Waals surface area contributed by atoms with E-state index < -0.39 is 0 Å². The van der Waals surface area contributed by atoms with Crippen molar-refractivity contribution in [2.45, 2.75) is 44.2 Å². The largest absolute Gasteiger partial charge is 0.377 e.